The molecule has 1 saturated heterocycles. The Balaban J connectivity index is 1.87. The van der Waals surface area contributed by atoms with E-state index in [0.717, 1.165) is 19.4 Å². The van der Waals surface area contributed by atoms with Gasteiger partial charge in [0.15, 0.2) is 0 Å². The molecule has 0 amide bonds. The first-order valence-corrected chi connectivity index (χ1v) is 8.84. The second-order valence-corrected chi connectivity index (χ2v) is 7.56. The zero-order valence-corrected chi connectivity index (χ0v) is 15.1. The molecule has 1 N–H and O–H groups in total. The van der Waals surface area contributed by atoms with E-state index < -0.39 is 17.2 Å². The lowest BCUT2D eigenvalue weighted by Crippen LogP contribution is -2.64. The molecular weight excluding hydrogens is 337 g/mol. The van der Waals surface area contributed by atoms with Crippen molar-refractivity contribution < 1.29 is 14.3 Å². The van der Waals surface area contributed by atoms with Crippen molar-refractivity contribution in [1.82, 2.24) is 9.47 Å². The Hall–Kier alpha value is -2.41. The lowest BCUT2D eigenvalue weighted by Gasteiger charge is -2.50. The minimum absolute atomic E-state index is 0.135. The molecule has 1 aromatic heterocycles. The number of carboxylic acid groups (broad SMARTS) is 1. The highest BCUT2D eigenvalue weighted by Gasteiger charge is 2.38. The monoisotopic (exact) mass is 359 g/mol. The third-order valence-electron chi connectivity index (χ3n) is 5.68. The van der Waals surface area contributed by atoms with Crippen LogP contribution in [0.4, 0.5) is 10.1 Å². The van der Waals surface area contributed by atoms with Gasteiger partial charge in [0, 0.05) is 36.3 Å². The molecule has 2 aromatic rings. The Morgan fingerprint density at radius 3 is 2.54 bits per heavy atom. The van der Waals surface area contributed by atoms with Gasteiger partial charge in [-0.3, -0.25) is 4.79 Å². The van der Waals surface area contributed by atoms with Crippen LogP contribution in [-0.2, 0) is 0 Å². The zero-order chi connectivity index (χ0) is 18.7. The largest absolute Gasteiger partial charge is 0.477 e. The molecule has 2 fully saturated rings. The molecule has 7 heteroatoms. The van der Waals surface area contributed by atoms with Crippen molar-refractivity contribution in [2.75, 3.05) is 25.5 Å². The van der Waals surface area contributed by atoms with E-state index in [4.69, 9.17) is 0 Å². The highest BCUT2D eigenvalue weighted by molar-refractivity contribution is 5.93. The molecule has 1 aromatic carbocycles. The van der Waals surface area contributed by atoms with Crippen LogP contribution >= 0.6 is 0 Å². The summed E-state index contributed by atoms with van der Waals surface area (Å²) in [6, 6.07) is 3.60. The molecule has 2 aliphatic rings. The zero-order valence-electron chi connectivity index (χ0n) is 15.1. The van der Waals surface area contributed by atoms with Crippen LogP contribution in [0.1, 0.15) is 36.2 Å². The number of fused-ring (bicyclic) bond motifs is 1. The number of nitrogens with zero attached hydrogens (tertiary/aromatic N) is 3. The van der Waals surface area contributed by atoms with Crippen molar-refractivity contribution in [2.24, 2.45) is 0 Å². The highest BCUT2D eigenvalue weighted by Crippen LogP contribution is 2.39. The summed E-state index contributed by atoms with van der Waals surface area (Å²) in [6.07, 6.45) is 3.29. The minimum Gasteiger partial charge on any atom is -0.477 e. The molecule has 1 aliphatic heterocycles. The SMILES string of the molecule is C[C@H]1[C@H](N(C)C)CN1c1cc2c(cc1F)c(=O)c(C(=O)O)cn2C1CC1. The van der Waals surface area contributed by atoms with Crippen molar-refractivity contribution in [3.05, 3.63) is 39.9 Å². The number of pyridine rings is 1. The van der Waals surface area contributed by atoms with Crippen LogP contribution in [0.25, 0.3) is 10.9 Å². The smallest absolute Gasteiger partial charge is 0.341 e. The summed E-state index contributed by atoms with van der Waals surface area (Å²) in [6.45, 7) is 2.77. The molecule has 1 aliphatic carbocycles. The lowest BCUT2D eigenvalue weighted by molar-refractivity contribution is 0.0695. The van der Waals surface area contributed by atoms with E-state index in [-0.39, 0.29) is 23.0 Å². The quantitative estimate of drug-likeness (QED) is 0.908. The van der Waals surface area contributed by atoms with Gasteiger partial charge in [-0.1, -0.05) is 0 Å². The van der Waals surface area contributed by atoms with Gasteiger partial charge in [0.05, 0.1) is 11.2 Å². The maximum atomic E-state index is 14.8. The van der Waals surface area contributed by atoms with Gasteiger partial charge in [0.1, 0.15) is 11.4 Å². The van der Waals surface area contributed by atoms with E-state index in [1.807, 2.05) is 23.6 Å². The van der Waals surface area contributed by atoms with Crippen molar-refractivity contribution >= 4 is 22.6 Å². The van der Waals surface area contributed by atoms with E-state index in [2.05, 4.69) is 11.8 Å². The summed E-state index contributed by atoms with van der Waals surface area (Å²) in [5, 5.41) is 9.44. The standard InChI is InChI=1S/C19H22FN3O3/c1-10-17(21(2)3)9-22(10)16-7-15-12(6-14(16)20)18(24)13(19(25)26)8-23(15)11-4-5-11/h6-8,10-11,17H,4-5,9H2,1-3H3,(H,25,26)/t10-,17+/m0/s1. The van der Waals surface area contributed by atoms with E-state index in [1.165, 1.54) is 12.3 Å². The molecule has 0 radical (unpaired) electrons. The summed E-state index contributed by atoms with van der Waals surface area (Å²) in [7, 11) is 4.01. The van der Waals surface area contributed by atoms with Crippen molar-refractivity contribution in [3.63, 3.8) is 0 Å². The molecule has 1 saturated carbocycles. The van der Waals surface area contributed by atoms with Crippen LogP contribution in [0.5, 0.6) is 0 Å². The normalized spacial score (nSPS) is 22.7. The highest BCUT2D eigenvalue weighted by atomic mass is 19.1. The Kier molecular flexibility index (Phi) is 3.80. The van der Waals surface area contributed by atoms with Crippen LogP contribution < -0.4 is 10.3 Å². The predicted molar refractivity (Wildman–Crippen MR) is 97.7 cm³/mol. The molecule has 4 rings (SSSR count). The van der Waals surface area contributed by atoms with E-state index in [9.17, 15) is 19.1 Å². The summed E-state index contributed by atoms with van der Waals surface area (Å²) < 4.78 is 16.6. The second-order valence-electron chi connectivity index (χ2n) is 7.56. The topological polar surface area (TPSA) is 65.8 Å². The summed E-state index contributed by atoms with van der Waals surface area (Å²) in [5.74, 6) is -1.76. The van der Waals surface area contributed by atoms with Gasteiger partial charge in [-0.05, 0) is 46.0 Å². The minimum atomic E-state index is -1.28. The van der Waals surface area contributed by atoms with Crippen molar-refractivity contribution in [1.29, 1.82) is 0 Å². The number of carbonyl (C=O) groups is 1. The van der Waals surface area contributed by atoms with Gasteiger partial charge in [0.25, 0.3) is 0 Å². The molecule has 26 heavy (non-hydrogen) atoms. The number of rotatable bonds is 4. The van der Waals surface area contributed by atoms with Crippen LogP contribution in [0.2, 0.25) is 0 Å². The predicted octanol–water partition coefficient (Wildman–Crippen LogP) is 2.31. The van der Waals surface area contributed by atoms with E-state index >= 15 is 0 Å². The molecule has 2 heterocycles. The number of anilines is 1. The fourth-order valence-electron chi connectivity index (χ4n) is 3.89. The van der Waals surface area contributed by atoms with Crippen LogP contribution in [0, 0.1) is 5.82 Å². The first-order valence-electron chi connectivity index (χ1n) is 8.84. The second kappa shape index (κ2) is 5.81. The first kappa shape index (κ1) is 17.0. The van der Waals surface area contributed by atoms with Gasteiger partial charge in [-0.25, -0.2) is 9.18 Å². The number of halogens is 1. The Morgan fingerprint density at radius 2 is 2.00 bits per heavy atom. The Morgan fingerprint density at radius 1 is 1.31 bits per heavy atom. The van der Waals surface area contributed by atoms with Gasteiger partial charge < -0.3 is 19.5 Å². The molecule has 0 spiro atoms. The Labute approximate surface area is 150 Å². The number of hydrogen-bond donors (Lipinski definition) is 1. The number of aromatic carboxylic acids is 1. The average Bonchev–Trinajstić information content (AvgIpc) is 3.39. The molecule has 138 valence electrons. The molecular formula is C19H22FN3O3. The fraction of sp³-hybridized carbons (Fsp3) is 0.474. The summed E-state index contributed by atoms with van der Waals surface area (Å²) >= 11 is 0. The van der Waals surface area contributed by atoms with E-state index in [1.54, 1.807) is 6.07 Å². The number of hydrogen-bond acceptors (Lipinski definition) is 4. The van der Waals surface area contributed by atoms with E-state index in [0.29, 0.717) is 17.2 Å². The summed E-state index contributed by atoms with van der Waals surface area (Å²) in [4.78, 5) is 28.0. The third-order valence-corrected chi connectivity index (χ3v) is 5.68. The number of carboxylic acids is 1. The van der Waals surface area contributed by atoms with Crippen LogP contribution in [-0.4, -0.2) is 53.3 Å². The average molecular weight is 359 g/mol. The summed E-state index contributed by atoms with van der Waals surface area (Å²) in [5.41, 5.74) is 0.151. The van der Waals surface area contributed by atoms with Gasteiger partial charge >= 0.3 is 5.97 Å². The number of aromatic nitrogens is 1. The van der Waals surface area contributed by atoms with Crippen molar-refractivity contribution in [2.45, 2.75) is 37.9 Å². The van der Waals surface area contributed by atoms with Gasteiger partial charge in [0.2, 0.25) is 5.43 Å². The molecule has 2 atom stereocenters. The molecule has 0 unspecified atom stereocenters. The lowest BCUT2D eigenvalue weighted by atomic mass is 9.95. The van der Waals surface area contributed by atoms with Gasteiger partial charge in [-0.15, -0.1) is 0 Å². The first-order chi connectivity index (χ1) is 12.3. The fourth-order valence-corrected chi connectivity index (χ4v) is 3.89. The van der Waals surface area contributed by atoms with Crippen LogP contribution in [0.3, 0.4) is 0 Å². The number of likely N-dealkylation sites (N-methyl/N-ethyl adjacent to an activating group) is 1. The van der Waals surface area contributed by atoms with Crippen LogP contribution in [0.15, 0.2) is 23.1 Å². The number of benzene rings is 1. The maximum absolute atomic E-state index is 14.8. The molecule has 6 nitrogen and oxygen atoms in total. The van der Waals surface area contributed by atoms with Gasteiger partial charge in [-0.2, -0.15) is 0 Å². The third kappa shape index (κ3) is 2.49. The van der Waals surface area contributed by atoms with Crippen molar-refractivity contribution in [3.8, 4) is 0 Å². The maximum Gasteiger partial charge on any atom is 0.341 e. The molecule has 0 bridgehead atoms. The Bertz CT molecular complexity index is 965.